The summed E-state index contributed by atoms with van der Waals surface area (Å²) >= 11 is 5.91. The van der Waals surface area contributed by atoms with Gasteiger partial charge in [-0.25, -0.2) is 0 Å². The third-order valence-corrected chi connectivity index (χ3v) is 3.61. The average molecular weight is 335 g/mol. The smallest absolute Gasteiger partial charge is 0.274 e. The first-order valence-corrected chi connectivity index (χ1v) is 7.18. The molecule has 0 saturated carbocycles. The van der Waals surface area contributed by atoms with E-state index < -0.39 is 10.8 Å². The zero-order valence-corrected chi connectivity index (χ0v) is 13.4. The van der Waals surface area contributed by atoms with Crippen molar-refractivity contribution < 1.29 is 14.5 Å². The van der Waals surface area contributed by atoms with Crippen molar-refractivity contribution in [2.45, 2.75) is 13.8 Å². The van der Waals surface area contributed by atoms with E-state index in [2.05, 4.69) is 5.32 Å². The molecule has 0 unspecified atom stereocenters. The van der Waals surface area contributed by atoms with Crippen LogP contribution < -0.4 is 10.1 Å². The summed E-state index contributed by atoms with van der Waals surface area (Å²) < 4.78 is 5.37. The summed E-state index contributed by atoms with van der Waals surface area (Å²) in [5.41, 5.74) is 1.68. The molecule has 0 aromatic heterocycles. The Hall–Kier alpha value is -2.60. The molecule has 0 saturated heterocycles. The van der Waals surface area contributed by atoms with Crippen LogP contribution in [-0.4, -0.2) is 17.4 Å². The highest BCUT2D eigenvalue weighted by atomic mass is 35.5. The molecule has 120 valence electrons. The van der Waals surface area contributed by atoms with Crippen LogP contribution >= 0.6 is 11.6 Å². The maximum absolute atomic E-state index is 11.9. The van der Waals surface area contributed by atoms with Gasteiger partial charge in [-0.1, -0.05) is 17.7 Å². The minimum absolute atomic E-state index is 0.0444. The van der Waals surface area contributed by atoms with Gasteiger partial charge in [-0.15, -0.1) is 0 Å². The van der Waals surface area contributed by atoms with Crippen LogP contribution in [0.1, 0.15) is 11.1 Å². The summed E-state index contributed by atoms with van der Waals surface area (Å²) in [4.78, 5) is 22.3. The van der Waals surface area contributed by atoms with Crippen LogP contribution in [0.4, 0.5) is 11.4 Å². The summed E-state index contributed by atoms with van der Waals surface area (Å²) in [7, 11) is 0. The molecule has 0 aliphatic carbocycles. The fourth-order valence-corrected chi connectivity index (χ4v) is 2.05. The van der Waals surface area contributed by atoms with E-state index in [4.69, 9.17) is 16.3 Å². The lowest BCUT2D eigenvalue weighted by Crippen LogP contribution is -2.20. The van der Waals surface area contributed by atoms with E-state index in [1.807, 2.05) is 6.92 Å². The maximum Gasteiger partial charge on any atom is 0.274 e. The van der Waals surface area contributed by atoms with Crippen molar-refractivity contribution in [1.29, 1.82) is 0 Å². The van der Waals surface area contributed by atoms with Gasteiger partial charge in [0.05, 0.1) is 4.92 Å². The van der Waals surface area contributed by atoms with Crippen molar-refractivity contribution in [3.05, 3.63) is 62.7 Å². The number of aryl methyl sites for hydroxylation is 2. The van der Waals surface area contributed by atoms with Gasteiger partial charge in [-0.3, -0.25) is 14.9 Å². The molecule has 7 heteroatoms. The second kappa shape index (κ2) is 7.11. The lowest BCUT2D eigenvalue weighted by molar-refractivity contribution is -0.385. The Morgan fingerprint density at radius 1 is 1.22 bits per heavy atom. The molecular formula is C16H15ClN2O4. The standard InChI is InChI=1S/C16H15ClN2O4/c1-10-3-4-12(8-15(10)19(21)22)18-16(20)9-23-13-5-6-14(17)11(2)7-13/h3-8H,9H2,1-2H3,(H,18,20). The fourth-order valence-electron chi connectivity index (χ4n) is 1.94. The molecule has 0 radical (unpaired) electrons. The van der Waals surface area contributed by atoms with Gasteiger partial charge in [-0.2, -0.15) is 0 Å². The molecule has 2 aromatic rings. The molecule has 23 heavy (non-hydrogen) atoms. The van der Waals surface area contributed by atoms with Gasteiger partial charge in [0, 0.05) is 22.3 Å². The number of nitro benzene ring substituents is 1. The summed E-state index contributed by atoms with van der Waals surface area (Å²) in [6.45, 7) is 3.26. The topological polar surface area (TPSA) is 81.5 Å². The van der Waals surface area contributed by atoms with Crippen molar-refractivity contribution in [2.75, 3.05) is 11.9 Å². The Morgan fingerprint density at radius 2 is 1.96 bits per heavy atom. The predicted molar refractivity (Wildman–Crippen MR) is 88.1 cm³/mol. The number of ether oxygens (including phenoxy) is 1. The van der Waals surface area contributed by atoms with Gasteiger partial charge in [-0.05, 0) is 43.7 Å². The number of hydrogen-bond donors (Lipinski definition) is 1. The third-order valence-electron chi connectivity index (χ3n) is 3.19. The van der Waals surface area contributed by atoms with Crippen molar-refractivity contribution in [1.82, 2.24) is 0 Å². The molecule has 0 aliphatic heterocycles. The quantitative estimate of drug-likeness (QED) is 0.664. The molecule has 1 N–H and O–H groups in total. The molecule has 0 spiro atoms. The summed E-state index contributed by atoms with van der Waals surface area (Å²) in [5, 5.41) is 14.1. The van der Waals surface area contributed by atoms with E-state index in [0.29, 0.717) is 22.0 Å². The van der Waals surface area contributed by atoms with Crippen LogP contribution in [0.15, 0.2) is 36.4 Å². The van der Waals surface area contributed by atoms with Gasteiger partial charge < -0.3 is 10.1 Å². The zero-order chi connectivity index (χ0) is 17.0. The van der Waals surface area contributed by atoms with Gasteiger partial charge in [0.15, 0.2) is 6.61 Å². The lowest BCUT2D eigenvalue weighted by Gasteiger charge is -2.09. The Balaban J connectivity index is 1.98. The van der Waals surface area contributed by atoms with E-state index in [9.17, 15) is 14.9 Å². The molecule has 0 heterocycles. The number of benzene rings is 2. The number of carbonyl (C=O) groups excluding carboxylic acids is 1. The fraction of sp³-hybridized carbons (Fsp3) is 0.188. The number of rotatable bonds is 5. The van der Waals surface area contributed by atoms with Crippen molar-refractivity contribution in [2.24, 2.45) is 0 Å². The molecule has 0 atom stereocenters. The van der Waals surface area contributed by atoms with Gasteiger partial charge >= 0.3 is 0 Å². The first-order chi connectivity index (χ1) is 10.9. The number of amides is 1. The normalized spacial score (nSPS) is 10.2. The number of nitro groups is 1. The number of hydrogen-bond acceptors (Lipinski definition) is 4. The Labute approximate surface area is 138 Å². The molecule has 6 nitrogen and oxygen atoms in total. The number of halogens is 1. The average Bonchev–Trinajstić information content (AvgIpc) is 2.50. The van der Waals surface area contributed by atoms with Crippen LogP contribution in [0.5, 0.6) is 5.75 Å². The number of anilines is 1. The van der Waals surface area contributed by atoms with Gasteiger partial charge in [0.2, 0.25) is 0 Å². The Bertz CT molecular complexity index is 762. The minimum atomic E-state index is -0.488. The second-order valence-electron chi connectivity index (χ2n) is 5.01. The SMILES string of the molecule is Cc1cc(OCC(=O)Nc2ccc(C)c([N+](=O)[O-])c2)ccc1Cl. The molecule has 0 aliphatic rings. The predicted octanol–water partition coefficient (Wildman–Crippen LogP) is 3.88. The minimum Gasteiger partial charge on any atom is -0.484 e. The van der Waals surface area contributed by atoms with Crippen molar-refractivity contribution >= 4 is 28.9 Å². The highest BCUT2D eigenvalue weighted by molar-refractivity contribution is 6.31. The summed E-state index contributed by atoms with van der Waals surface area (Å²) in [6, 6.07) is 9.59. The van der Waals surface area contributed by atoms with Crippen LogP contribution in [0.3, 0.4) is 0 Å². The molecule has 2 aromatic carbocycles. The van der Waals surface area contributed by atoms with E-state index in [0.717, 1.165) is 5.56 Å². The van der Waals surface area contributed by atoms with E-state index in [1.54, 1.807) is 37.3 Å². The van der Waals surface area contributed by atoms with Crippen LogP contribution in [0, 0.1) is 24.0 Å². The molecular weight excluding hydrogens is 320 g/mol. The van der Waals surface area contributed by atoms with E-state index in [1.165, 1.54) is 6.07 Å². The molecule has 1 amide bonds. The van der Waals surface area contributed by atoms with Crippen LogP contribution in [-0.2, 0) is 4.79 Å². The van der Waals surface area contributed by atoms with Crippen molar-refractivity contribution in [3.8, 4) is 5.75 Å². The summed E-state index contributed by atoms with van der Waals surface area (Å²) in [6.07, 6.45) is 0. The highest BCUT2D eigenvalue weighted by Gasteiger charge is 2.12. The number of nitrogens with zero attached hydrogens (tertiary/aromatic N) is 1. The van der Waals surface area contributed by atoms with Crippen molar-refractivity contribution in [3.63, 3.8) is 0 Å². The first kappa shape index (κ1) is 16.8. The number of carbonyl (C=O) groups is 1. The second-order valence-corrected chi connectivity index (χ2v) is 5.41. The van der Waals surface area contributed by atoms with Gasteiger partial charge in [0.25, 0.3) is 11.6 Å². The Morgan fingerprint density at radius 3 is 2.61 bits per heavy atom. The highest BCUT2D eigenvalue weighted by Crippen LogP contribution is 2.23. The number of nitrogens with one attached hydrogen (secondary N) is 1. The monoisotopic (exact) mass is 334 g/mol. The lowest BCUT2D eigenvalue weighted by atomic mass is 10.2. The Kier molecular flexibility index (Phi) is 5.18. The van der Waals surface area contributed by atoms with E-state index >= 15 is 0 Å². The molecule has 0 fully saturated rings. The summed E-state index contributed by atoms with van der Waals surface area (Å²) in [5.74, 6) is 0.118. The maximum atomic E-state index is 11.9. The van der Waals surface area contributed by atoms with E-state index in [-0.39, 0.29) is 12.3 Å². The molecule has 0 bridgehead atoms. The first-order valence-electron chi connectivity index (χ1n) is 6.80. The van der Waals surface area contributed by atoms with Crippen LogP contribution in [0.2, 0.25) is 5.02 Å². The largest absolute Gasteiger partial charge is 0.484 e. The van der Waals surface area contributed by atoms with Crippen LogP contribution in [0.25, 0.3) is 0 Å². The molecule has 2 rings (SSSR count). The zero-order valence-electron chi connectivity index (χ0n) is 12.6. The third kappa shape index (κ3) is 4.43. The van der Waals surface area contributed by atoms with Gasteiger partial charge in [0.1, 0.15) is 5.75 Å².